The number of methoxy groups -OCH3 is 1. The second-order valence-corrected chi connectivity index (χ2v) is 7.82. The molecule has 6 heteroatoms. The van der Waals surface area contributed by atoms with E-state index in [0.717, 1.165) is 11.1 Å². The number of rotatable bonds is 5. The van der Waals surface area contributed by atoms with Gasteiger partial charge < -0.3 is 9.64 Å². The molecule has 1 amide bonds. The molecule has 148 valence electrons. The number of hydrogen-bond acceptors (Lipinski definition) is 3. The number of amides is 1. The maximum atomic E-state index is 13.0. The van der Waals surface area contributed by atoms with Gasteiger partial charge in [-0.05, 0) is 48.2 Å². The topological polar surface area (TPSA) is 46.6 Å². The van der Waals surface area contributed by atoms with Crippen LogP contribution in [-0.2, 0) is 14.3 Å². The molecule has 0 saturated carbocycles. The van der Waals surface area contributed by atoms with E-state index in [1.807, 2.05) is 55.5 Å². The lowest BCUT2D eigenvalue weighted by Crippen LogP contribution is -2.51. The number of nitrogens with zero attached hydrogens (tertiary/aromatic N) is 1. The third kappa shape index (κ3) is 4.18. The predicted octanol–water partition coefficient (Wildman–Crippen LogP) is 5.39. The molecule has 2 aromatic carbocycles. The van der Waals surface area contributed by atoms with Crippen LogP contribution in [0.5, 0.6) is 0 Å². The summed E-state index contributed by atoms with van der Waals surface area (Å²) in [6.07, 6.45) is 1.53. The molecule has 0 aromatic heterocycles. The van der Waals surface area contributed by atoms with Gasteiger partial charge in [0.25, 0.3) is 0 Å². The molecular weight excluding hydrogens is 397 g/mol. The number of benzene rings is 2. The van der Waals surface area contributed by atoms with Gasteiger partial charge in [-0.2, -0.15) is 0 Å². The quantitative estimate of drug-likeness (QED) is 0.610. The molecule has 1 aliphatic heterocycles. The fourth-order valence-corrected chi connectivity index (χ4v) is 4.36. The molecule has 2 aromatic rings. The number of halogens is 2. The van der Waals surface area contributed by atoms with Gasteiger partial charge in [0.05, 0.1) is 13.2 Å². The largest absolute Gasteiger partial charge is 0.467 e. The van der Waals surface area contributed by atoms with E-state index in [4.69, 9.17) is 27.9 Å². The Morgan fingerprint density at radius 3 is 2.46 bits per heavy atom. The third-order valence-electron chi connectivity index (χ3n) is 5.32. The first kappa shape index (κ1) is 20.7. The van der Waals surface area contributed by atoms with Gasteiger partial charge in [0.1, 0.15) is 6.04 Å². The van der Waals surface area contributed by atoms with Crippen LogP contribution in [0.1, 0.15) is 49.3 Å². The fraction of sp³-hybridized carbons (Fsp3) is 0.364. The summed E-state index contributed by atoms with van der Waals surface area (Å²) in [5.74, 6) is -0.437. The summed E-state index contributed by atoms with van der Waals surface area (Å²) in [6, 6.07) is 14.2. The van der Waals surface area contributed by atoms with E-state index in [1.165, 1.54) is 7.11 Å². The second kappa shape index (κ2) is 8.97. The molecule has 0 bridgehead atoms. The number of ether oxygens (including phenoxy) is 1. The van der Waals surface area contributed by atoms with Crippen molar-refractivity contribution in [2.45, 2.75) is 44.2 Å². The molecule has 0 N–H and O–H groups in total. The van der Waals surface area contributed by atoms with Crippen LogP contribution in [0.15, 0.2) is 48.5 Å². The Labute approximate surface area is 175 Å². The summed E-state index contributed by atoms with van der Waals surface area (Å²) >= 11 is 12.3. The predicted molar refractivity (Wildman–Crippen MR) is 111 cm³/mol. The molecule has 1 fully saturated rings. The van der Waals surface area contributed by atoms with Crippen LogP contribution in [0.25, 0.3) is 0 Å². The number of esters is 1. The Balaban J connectivity index is 2.12. The maximum absolute atomic E-state index is 13.0. The number of likely N-dealkylation sites (tertiary alicyclic amines) is 1. The molecule has 3 atom stereocenters. The van der Waals surface area contributed by atoms with E-state index in [2.05, 4.69) is 0 Å². The van der Waals surface area contributed by atoms with Gasteiger partial charge >= 0.3 is 5.97 Å². The summed E-state index contributed by atoms with van der Waals surface area (Å²) < 4.78 is 4.99. The van der Waals surface area contributed by atoms with Crippen LogP contribution >= 0.6 is 23.2 Å². The lowest BCUT2D eigenvalue weighted by atomic mass is 9.79. The van der Waals surface area contributed by atoms with Crippen LogP contribution < -0.4 is 0 Å². The van der Waals surface area contributed by atoms with Crippen LogP contribution in [-0.4, -0.2) is 29.9 Å². The van der Waals surface area contributed by atoms with Crippen molar-refractivity contribution >= 4 is 35.1 Å². The van der Waals surface area contributed by atoms with Crippen molar-refractivity contribution in [1.29, 1.82) is 0 Å². The highest BCUT2D eigenvalue weighted by molar-refractivity contribution is 6.30. The highest BCUT2D eigenvalue weighted by Gasteiger charge is 2.43. The molecule has 3 rings (SSSR count). The van der Waals surface area contributed by atoms with Gasteiger partial charge in [0.15, 0.2) is 0 Å². The van der Waals surface area contributed by atoms with Crippen molar-refractivity contribution in [3.63, 3.8) is 0 Å². The highest BCUT2D eigenvalue weighted by Crippen LogP contribution is 2.45. The first-order chi connectivity index (χ1) is 13.5. The minimum Gasteiger partial charge on any atom is -0.467 e. The van der Waals surface area contributed by atoms with Gasteiger partial charge in [0.2, 0.25) is 5.91 Å². The van der Waals surface area contributed by atoms with Crippen molar-refractivity contribution in [3.05, 3.63) is 69.7 Å². The fourth-order valence-electron chi connectivity index (χ4n) is 4.03. The van der Waals surface area contributed by atoms with E-state index in [1.54, 1.807) is 4.90 Å². The van der Waals surface area contributed by atoms with Crippen LogP contribution in [0.4, 0.5) is 0 Å². The van der Waals surface area contributed by atoms with Crippen LogP contribution in [0, 0.1) is 0 Å². The minimum absolute atomic E-state index is 0.0104. The summed E-state index contributed by atoms with van der Waals surface area (Å²) in [5.41, 5.74) is 1.98. The normalized spacial score (nSPS) is 20.7. The lowest BCUT2D eigenvalue weighted by Gasteiger charge is -2.44. The standard InChI is InChI=1S/C22H23Cl2NO3/c1-3-19(22(27)28-2)25-20(26)12-11-18(15-5-4-6-17(24)13-15)21(25)14-7-9-16(23)10-8-14/h4-10,13,18-19,21H,3,11-12H2,1-2H3. The minimum atomic E-state index is -0.639. The van der Waals surface area contributed by atoms with E-state index >= 15 is 0 Å². The molecule has 0 aliphatic carbocycles. The van der Waals surface area contributed by atoms with E-state index in [0.29, 0.717) is 29.3 Å². The molecule has 0 spiro atoms. The summed E-state index contributed by atoms with van der Waals surface area (Å²) in [6.45, 7) is 1.89. The maximum Gasteiger partial charge on any atom is 0.328 e. The van der Waals surface area contributed by atoms with Crippen molar-refractivity contribution in [2.24, 2.45) is 0 Å². The molecule has 1 heterocycles. The molecule has 1 aliphatic rings. The van der Waals surface area contributed by atoms with Crippen molar-refractivity contribution in [3.8, 4) is 0 Å². The lowest BCUT2D eigenvalue weighted by molar-refractivity contribution is -0.157. The zero-order valence-corrected chi connectivity index (χ0v) is 17.4. The van der Waals surface area contributed by atoms with Crippen molar-refractivity contribution in [2.75, 3.05) is 7.11 Å². The Hall–Kier alpha value is -2.04. The van der Waals surface area contributed by atoms with E-state index in [-0.39, 0.29) is 17.9 Å². The number of hydrogen-bond donors (Lipinski definition) is 0. The van der Waals surface area contributed by atoms with Gasteiger partial charge in [-0.1, -0.05) is 54.4 Å². The first-order valence-corrected chi connectivity index (χ1v) is 10.1. The van der Waals surface area contributed by atoms with Gasteiger partial charge in [-0.25, -0.2) is 4.79 Å². The SMILES string of the molecule is CCC(C(=O)OC)N1C(=O)CCC(c2cccc(Cl)c2)C1c1ccc(Cl)cc1. The van der Waals surface area contributed by atoms with Crippen molar-refractivity contribution in [1.82, 2.24) is 4.90 Å². The third-order valence-corrected chi connectivity index (χ3v) is 5.81. The molecule has 1 saturated heterocycles. The summed E-state index contributed by atoms with van der Waals surface area (Å²) in [4.78, 5) is 27.1. The number of carbonyl (C=O) groups is 2. The number of carbonyl (C=O) groups excluding carboxylic acids is 2. The monoisotopic (exact) mass is 419 g/mol. The Morgan fingerprint density at radius 2 is 1.86 bits per heavy atom. The molecule has 4 nitrogen and oxygen atoms in total. The Bertz CT molecular complexity index is 853. The summed E-state index contributed by atoms with van der Waals surface area (Å²) in [5, 5.41) is 1.27. The Kier molecular flexibility index (Phi) is 6.63. The molecule has 28 heavy (non-hydrogen) atoms. The second-order valence-electron chi connectivity index (χ2n) is 6.94. The van der Waals surface area contributed by atoms with Crippen molar-refractivity contribution < 1.29 is 14.3 Å². The van der Waals surface area contributed by atoms with E-state index in [9.17, 15) is 9.59 Å². The smallest absolute Gasteiger partial charge is 0.328 e. The highest BCUT2D eigenvalue weighted by atomic mass is 35.5. The number of piperidine rings is 1. The van der Waals surface area contributed by atoms with Gasteiger partial charge in [-0.3, -0.25) is 4.79 Å². The van der Waals surface area contributed by atoms with Crippen LogP contribution in [0.3, 0.4) is 0 Å². The first-order valence-electron chi connectivity index (χ1n) is 9.36. The van der Waals surface area contributed by atoms with Gasteiger partial charge in [-0.15, -0.1) is 0 Å². The Morgan fingerprint density at radius 1 is 1.14 bits per heavy atom. The zero-order chi connectivity index (χ0) is 20.3. The average Bonchev–Trinajstić information content (AvgIpc) is 2.70. The van der Waals surface area contributed by atoms with Crippen LogP contribution in [0.2, 0.25) is 10.0 Å². The molecular formula is C22H23Cl2NO3. The summed E-state index contributed by atoms with van der Waals surface area (Å²) in [7, 11) is 1.35. The van der Waals surface area contributed by atoms with E-state index < -0.39 is 12.0 Å². The molecule has 0 radical (unpaired) electrons. The van der Waals surface area contributed by atoms with Gasteiger partial charge in [0, 0.05) is 22.4 Å². The molecule has 3 unspecified atom stereocenters. The zero-order valence-electron chi connectivity index (χ0n) is 15.9. The average molecular weight is 420 g/mol.